The van der Waals surface area contributed by atoms with Gasteiger partial charge in [0.1, 0.15) is 0 Å². The third-order valence-corrected chi connectivity index (χ3v) is 5.04. The number of hydrogen-bond donors (Lipinski definition) is 0. The lowest BCUT2D eigenvalue weighted by Gasteiger charge is -2.35. The Hall–Kier alpha value is -2.45. The fourth-order valence-electron chi connectivity index (χ4n) is 3.16. The first-order chi connectivity index (χ1) is 14.0. The first kappa shape index (κ1) is 21.3. The summed E-state index contributed by atoms with van der Waals surface area (Å²) in [6, 6.07) is 5.49. The van der Waals surface area contributed by atoms with Gasteiger partial charge in [-0.15, -0.1) is 0 Å². The molecule has 1 aliphatic rings. The second-order valence-electron chi connectivity index (χ2n) is 6.27. The number of amides is 1. The Morgan fingerprint density at radius 3 is 2.17 bits per heavy atom. The average Bonchev–Trinajstić information content (AvgIpc) is 2.77. The van der Waals surface area contributed by atoms with Crippen LogP contribution in [0.25, 0.3) is 11.3 Å². The SMILES string of the molecule is COc1cc(-c2ccnc(N3CCN(C(=O)C(Cl)Cl)CC3)n2)cc(OC)c1OC. The Bertz CT molecular complexity index is 848. The zero-order chi connectivity index (χ0) is 21.0. The van der Waals surface area contributed by atoms with Gasteiger partial charge in [0.15, 0.2) is 16.3 Å². The highest BCUT2D eigenvalue weighted by molar-refractivity contribution is 6.53. The van der Waals surface area contributed by atoms with Gasteiger partial charge in [-0.2, -0.15) is 0 Å². The Morgan fingerprint density at radius 1 is 1.03 bits per heavy atom. The summed E-state index contributed by atoms with van der Waals surface area (Å²) in [5.41, 5.74) is 1.53. The predicted molar refractivity (Wildman–Crippen MR) is 111 cm³/mol. The van der Waals surface area contributed by atoms with E-state index in [0.29, 0.717) is 55.1 Å². The smallest absolute Gasteiger partial charge is 0.255 e. The molecule has 0 spiro atoms. The molecule has 0 aliphatic carbocycles. The molecule has 8 nitrogen and oxygen atoms in total. The summed E-state index contributed by atoms with van der Waals surface area (Å²) < 4.78 is 16.2. The Morgan fingerprint density at radius 2 is 1.66 bits per heavy atom. The molecule has 0 radical (unpaired) electrons. The molecule has 0 N–H and O–H groups in total. The molecule has 29 heavy (non-hydrogen) atoms. The molecule has 2 heterocycles. The topological polar surface area (TPSA) is 77.0 Å². The number of ether oxygens (including phenoxy) is 3. The van der Waals surface area contributed by atoms with E-state index in [-0.39, 0.29) is 5.91 Å². The third kappa shape index (κ3) is 4.59. The summed E-state index contributed by atoms with van der Waals surface area (Å²) in [5.74, 6) is 1.92. The number of nitrogens with zero attached hydrogens (tertiary/aromatic N) is 4. The maximum Gasteiger partial charge on any atom is 0.255 e. The molecule has 10 heteroatoms. The number of benzene rings is 1. The molecule has 1 fully saturated rings. The lowest BCUT2D eigenvalue weighted by Crippen LogP contribution is -2.50. The Kier molecular flexibility index (Phi) is 6.87. The van der Waals surface area contributed by atoms with E-state index in [0.717, 1.165) is 5.56 Å². The molecular formula is C19H22Cl2N4O4. The van der Waals surface area contributed by atoms with Crippen LogP contribution in [0.5, 0.6) is 17.2 Å². The van der Waals surface area contributed by atoms with Crippen LogP contribution in [-0.2, 0) is 4.79 Å². The number of aromatic nitrogens is 2. The monoisotopic (exact) mass is 440 g/mol. The van der Waals surface area contributed by atoms with Crippen LogP contribution in [0.2, 0.25) is 0 Å². The van der Waals surface area contributed by atoms with E-state index in [1.165, 1.54) is 0 Å². The molecule has 0 bridgehead atoms. The number of halogens is 2. The number of anilines is 1. The van der Waals surface area contributed by atoms with Gasteiger partial charge in [-0.1, -0.05) is 23.2 Å². The molecule has 3 rings (SSSR count). The van der Waals surface area contributed by atoms with Crippen LogP contribution in [0, 0.1) is 0 Å². The molecule has 156 valence electrons. The normalized spacial score (nSPS) is 14.1. The van der Waals surface area contributed by atoms with Crippen molar-refractivity contribution in [3.05, 3.63) is 24.4 Å². The largest absolute Gasteiger partial charge is 0.493 e. The van der Waals surface area contributed by atoms with Gasteiger partial charge in [-0.3, -0.25) is 4.79 Å². The summed E-state index contributed by atoms with van der Waals surface area (Å²) in [6.07, 6.45) is 1.70. The van der Waals surface area contributed by atoms with Crippen molar-refractivity contribution in [1.82, 2.24) is 14.9 Å². The highest BCUT2D eigenvalue weighted by atomic mass is 35.5. The van der Waals surface area contributed by atoms with E-state index in [1.54, 1.807) is 32.4 Å². The first-order valence-electron chi connectivity index (χ1n) is 8.93. The molecule has 0 atom stereocenters. The van der Waals surface area contributed by atoms with Gasteiger partial charge in [0, 0.05) is 37.9 Å². The summed E-state index contributed by atoms with van der Waals surface area (Å²) in [7, 11) is 4.70. The zero-order valence-corrected chi connectivity index (χ0v) is 17.9. The number of hydrogen-bond acceptors (Lipinski definition) is 7. The molecule has 2 aromatic rings. The van der Waals surface area contributed by atoms with E-state index in [4.69, 9.17) is 37.4 Å². The van der Waals surface area contributed by atoms with Crippen LogP contribution in [-0.4, -0.2) is 73.1 Å². The highest BCUT2D eigenvalue weighted by Crippen LogP contribution is 2.40. The quantitative estimate of drug-likeness (QED) is 0.638. The molecule has 1 aromatic heterocycles. The number of carbonyl (C=O) groups is 1. The van der Waals surface area contributed by atoms with E-state index in [9.17, 15) is 4.79 Å². The van der Waals surface area contributed by atoms with Crippen molar-refractivity contribution in [2.75, 3.05) is 52.4 Å². The molecule has 0 saturated carbocycles. The van der Waals surface area contributed by atoms with Gasteiger partial charge in [0.05, 0.1) is 27.0 Å². The maximum atomic E-state index is 11.9. The van der Waals surface area contributed by atoms with Crippen LogP contribution in [0.1, 0.15) is 0 Å². The molecule has 1 saturated heterocycles. The van der Waals surface area contributed by atoms with E-state index in [1.807, 2.05) is 23.1 Å². The zero-order valence-electron chi connectivity index (χ0n) is 16.4. The number of methoxy groups -OCH3 is 3. The lowest BCUT2D eigenvalue weighted by atomic mass is 10.1. The van der Waals surface area contributed by atoms with Crippen LogP contribution < -0.4 is 19.1 Å². The average molecular weight is 441 g/mol. The van der Waals surface area contributed by atoms with Crippen LogP contribution in [0.3, 0.4) is 0 Å². The Labute approximate surface area is 179 Å². The van der Waals surface area contributed by atoms with Crippen LogP contribution >= 0.6 is 23.2 Å². The van der Waals surface area contributed by atoms with Crippen molar-refractivity contribution in [2.24, 2.45) is 0 Å². The minimum atomic E-state index is -1.04. The van der Waals surface area contributed by atoms with Crippen LogP contribution in [0.15, 0.2) is 24.4 Å². The molecule has 1 aromatic carbocycles. The summed E-state index contributed by atoms with van der Waals surface area (Å²) in [4.78, 5) is 23.6. The fraction of sp³-hybridized carbons (Fsp3) is 0.421. The first-order valence-corrected chi connectivity index (χ1v) is 9.81. The second kappa shape index (κ2) is 9.37. The number of carbonyl (C=O) groups excluding carboxylic acids is 1. The van der Waals surface area contributed by atoms with E-state index in [2.05, 4.69) is 9.97 Å². The van der Waals surface area contributed by atoms with Gasteiger partial charge in [-0.05, 0) is 18.2 Å². The van der Waals surface area contributed by atoms with Crippen molar-refractivity contribution in [3.8, 4) is 28.5 Å². The Balaban J connectivity index is 1.83. The number of piperazine rings is 1. The van der Waals surface area contributed by atoms with Gasteiger partial charge in [0.2, 0.25) is 11.7 Å². The van der Waals surface area contributed by atoms with Gasteiger partial charge in [0.25, 0.3) is 5.91 Å². The second-order valence-corrected chi connectivity index (χ2v) is 7.37. The lowest BCUT2D eigenvalue weighted by molar-refractivity contribution is -0.129. The predicted octanol–water partition coefficient (Wildman–Crippen LogP) is 2.62. The third-order valence-electron chi connectivity index (χ3n) is 4.66. The summed E-state index contributed by atoms with van der Waals surface area (Å²) in [5, 5.41) is 0. The fourth-order valence-corrected chi connectivity index (χ4v) is 3.43. The molecule has 0 unspecified atom stereocenters. The van der Waals surface area contributed by atoms with Crippen LogP contribution in [0.4, 0.5) is 5.95 Å². The standard InChI is InChI=1S/C19H22Cl2N4O4/c1-27-14-10-12(11-15(28-2)16(14)29-3)13-4-5-22-19(23-13)25-8-6-24(7-9-25)18(26)17(20)21/h4-5,10-11,17H,6-9H2,1-3H3. The minimum Gasteiger partial charge on any atom is -0.493 e. The number of alkyl halides is 2. The van der Waals surface area contributed by atoms with Gasteiger partial charge in [-0.25, -0.2) is 9.97 Å². The minimum absolute atomic E-state index is 0.278. The molecular weight excluding hydrogens is 419 g/mol. The van der Waals surface area contributed by atoms with Crippen molar-refractivity contribution < 1.29 is 19.0 Å². The van der Waals surface area contributed by atoms with Crippen molar-refractivity contribution in [2.45, 2.75) is 4.84 Å². The summed E-state index contributed by atoms with van der Waals surface area (Å²) in [6.45, 7) is 2.19. The highest BCUT2D eigenvalue weighted by Gasteiger charge is 2.26. The molecule has 1 aliphatic heterocycles. The van der Waals surface area contributed by atoms with E-state index >= 15 is 0 Å². The van der Waals surface area contributed by atoms with Crippen molar-refractivity contribution >= 4 is 35.1 Å². The van der Waals surface area contributed by atoms with Gasteiger partial charge < -0.3 is 24.0 Å². The number of rotatable bonds is 6. The maximum absolute atomic E-state index is 11.9. The van der Waals surface area contributed by atoms with E-state index < -0.39 is 4.84 Å². The summed E-state index contributed by atoms with van der Waals surface area (Å²) >= 11 is 11.4. The van der Waals surface area contributed by atoms with Crippen molar-refractivity contribution in [3.63, 3.8) is 0 Å². The van der Waals surface area contributed by atoms with Crippen molar-refractivity contribution in [1.29, 1.82) is 0 Å². The van der Waals surface area contributed by atoms with Gasteiger partial charge >= 0.3 is 0 Å². The molecule has 1 amide bonds.